The number of likely N-dealkylation sites (tertiary alicyclic amines) is 1. The molecule has 184 valence electrons. The standard InChI is InChI=1S/C24H24N2O7S2/c1-2-33-13-7-9(3-4-12(13)27)15-16-10-8-11(19(16)34-21-20(15)35-24(32)25-21)18-17(10)22(30)26(23(18)31)6-5-14(28)29/h3-4,7,10-11,15-19,27H,2,5-6,8H2,1H3,(H,25,32)(H,28,29)/t10-,11+,15+,16-,17+,18+,19-/m1/s1. The monoisotopic (exact) mass is 516 g/mol. The van der Waals surface area contributed by atoms with Gasteiger partial charge < -0.3 is 19.9 Å². The van der Waals surface area contributed by atoms with Crippen LogP contribution in [-0.2, 0) is 14.4 Å². The topological polar surface area (TPSA) is 137 Å². The average molecular weight is 517 g/mol. The summed E-state index contributed by atoms with van der Waals surface area (Å²) in [5.41, 5.74) is 0.904. The molecule has 2 aliphatic heterocycles. The minimum absolute atomic E-state index is 0.0196. The predicted octanol–water partition coefficient (Wildman–Crippen LogP) is 2.49. The highest BCUT2D eigenvalue weighted by Gasteiger charge is 2.69. The number of thiazole rings is 1. The second kappa shape index (κ2) is 8.12. The van der Waals surface area contributed by atoms with Crippen LogP contribution < -0.4 is 9.61 Å². The van der Waals surface area contributed by atoms with Gasteiger partial charge in [0.2, 0.25) is 11.8 Å². The number of aromatic hydroxyl groups is 1. The maximum atomic E-state index is 13.3. The number of aromatic amines is 1. The number of nitrogens with one attached hydrogen (secondary N) is 1. The summed E-state index contributed by atoms with van der Waals surface area (Å²) in [5, 5.41) is 20.2. The fourth-order valence-electron chi connectivity index (χ4n) is 6.87. The molecule has 0 unspecified atom stereocenters. The molecular weight excluding hydrogens is 492 g/mol. The van der Waals surface area contributed by atoms with Crippen LogP contribution >= 0.6 is 23.1 Å². The molecule has 1 aromatic heterocycles. The van der Waals surface area contributed by atoms with Gasteiger partial charge in [0.05, 0.1) is 29.9 Å². The van der Waals surface area contributed by atoms with E-state index in [0.29, 0.717) is 12.4 Å². The normalized spacial score (nSPS) is 32.5. The SMILES string of the molecule is CCOc1cc([C@@H]2c3sc(=O)[nH]c3S[C@@H]3[C@H]4C[C@@H]([C@@H]5C(=O)N(CCC(=O)O)C(=O)[C@@H]45)[C@H]23)ccc1O. The molecule has 7 atom stereocenters. The fraction of sp³-hybridized carbons (Fsp3) is 0.500. The quantitative estimate of drug-likeness (QED) is 0.498. The number of hydrogen-bond acceptors (Lipinski definition) is 8. The third-order valence-corrected chi connectivity index (χ3v) is 10.6. The molecule has 3 fully saturated rings. The Bertz CT molecular complexity index is 1300. The summed E-state index contributed by atoms with van der Waals surface area (Å²) >= 11 is 2.77. The van der Waals surface area contributed by atoms with Crippen molar-refractivity contribution in [3.05, 3.63) is 38.3 Å². The Balaban J connectivity index is 1.42. The zero-order valence-corrected chi connectivity index (χ0v) is 20.4. The average Bonchev–Trinajstić information content (AvgIpc) is 3.53. The zero-order chi connectivity index (χ0) is 24.6. The summed E-state index contributed by atoms with van der Waals surface area (Å²) in [7, 11) is 0. The fourth-order valence-corrected chi connectivity index (χ4v) is 9.76. The summed E-state index contributed by atoms with van der Waals surface area (Å²) < 4.78 is 5.62. The molecule has 1 saturated heterocycles. The van der Waals surface area contributed by atoms with Gasteiger partial charge >= 0.3 is 10.8 Å². The van der Waals surface area contributed by atoms with Crippen LogP contribution in [0.1, 0.15) is 36.1 Å². The largest absolute Gasteiger partial charge is 0.504 e. The van der Waals surface area contributed by atoms with Gasteiger partial charge in [-0.25, -0.2) is 0 Å². The summed E-state index contributed by atoms with van der Waals surface area (Å²) in [4.78, 5) is 54.9. The molecular formula is C24H24N2O7S2. The maximum Gasteiger partial charge on any atom is 0.305 e. The van der Waals surface area contributed by atoms with Gasteiger partial charge in [0, 0.05) is 22.6 Å². The molecule has 2 saturated carbocycles. The van der Waals surface area contributed by atoms with Crippen LogP contribution in [0.4, 0.5) is 0 Å². The number of phenols is 1. The molecule has 3 heterocycles. The Kier molecular flexibility index (Phi) is 5.26. The lowest BCUT2D eigenvalue weighted by molar-refractivity contribution is -0.142. The van der Waals surface area contributed by atoms with E-state index in [1.165, 1.54) is 11.3 Å². The maximum absolute atomic E-state index is 13.3. The van der Waals surface area contributed by atoms with Crippen molar-refractivity contribution in [2.75, 3.05) is 13.2 Å². The number of H-pyrrole nitrogens is 1. The van der Waals surface area contributed by atoms with E-state index >= 15 is 0 Å². The number of carboxylic acids is 1. The first-order chi connectivity index (χ1) is 16.8. The number of aromatic nitrogens is 1. The number of ether oxygens (including phenoxy) is 1. The van der Waals surface area contributed by atoms with Crippen LogP contribution in [0.2, 0.25) is 0 Å². The molecule has 9 nitrogen and oxygen atoms in total. The number of nitrogens with zero attached hydrogens (tertiary/aromatic N) is 1. The number of carbonyl (C=O) groups excluding carboxylic acids is 2. The van der Waals surface area contributed by atoms with Crippen LogP contribution in [0, 0.1) is 29.6 Å². The second-order valence-electron chi connectivity index (χ2n) is 9.59. The molecule has 2 bridgehead atoms. The van der Waals surface area contributed by atoms with Gasteiger partial charge in [-0.1, -0.05) is 17.4 Å². The van der Waals surface area contributed by atoms with Gasteiger partial charge in [-0.2, -0.15) is 0 Å². The Morgan fingerprint density at radius 1 is 1.20 bits per heavy atom. The van der Waals surface area contributed by atoms with E-state index in [-0.39, 0.29) is 64.3 Å². The Hall–Kier alpha value is -2.79. The van der Waals surface area contributed by atoms with Crippen LogP contribution in [0.5, 0.6) is 11.5 Å². The van der Waals surface area contributed by atoms with E-state index in [2.05, 4.69) is 4.98 Å². The number of carboxylic acid groups (broad SMARTS) is 1. The number of imide groups is 1. The van der Waals surface area contributed by atoms with E-state index in [4.69, 9.17) is 9.84 Å². The summed E-state index contributed by atoms with van der Waals surface area (Å²) in [5.74, 6) is -2.24. The minimum Gasteiger partial charge on any atom is -0.504 e. The number of amides is 2. The highest BCUT2D eigenvalue weighted by atomic mass is 32.2. The predicted molar refractivity (Wildman–Crippen MR) is 127 cm³/mol. The summed E-state index contributed by atoms with van der Waals surface area (Å²) in [6, 6.07) is 5.25. The van der Waals surface area contributed by atoms with Gasteiger partial charge in [0.25, 0.3) is 0 Å². The summed E-state index contributed by atoms with van der Waals surface area (Å²) in [6.45, 7) is 2.13. The molecule has 2 aromatic rings. The first-order valence-electron chi connectivity index (χ1n) is 11.7. The van der Waals surface area contributed by atoms with Gasteiger partial charge in [-0.05, 0) is 48.8 Å². The lowest BCUT2D eigenvalue weighted by Crippen LogP contribution is -2.42. The number of phenolic OH excluding ortho intramolecular Hbond substituents is 1. The number of benzene rings is 1. The van der Waals surface area contributed by atoms with Crippen molar-refractivity contribution in [3.63, 3.8) is 0 Å². The van der Waals surface area contributed by atoms with Crippen molar-refractivity contribution in [1.29, 1.82) is 0 Å². The lowest BCUT2D eigenvalue weighted by atomic mass is 9.68. The van der Waals surface area contributed by atoms with E-state index in [1.54, 1.807) is 17.8 Å². The number of carbonyl (C=O) groups is 3. The molecule has 2 aliphatic carbocycles. The van der Waals surface area contributed by atoms with Gasteiger partial charge in [0.1, 0.15) is 0 Å². The Morgan fingerprint density at radius 2 is 1.94 bits per heavy atom. The number of aliphatic carboxylic acids is 1. The van der Waals surface area contributed by atoms with Crippen molar-refractivity contribution < 1.29 is 29.3 Å². The molecule has 0 spiro atoms. The molecule has 1 aromatic carbocycles. The third-order valence-electron chi connectivity index (χ3n) is 8.01. The first-order valence-corrected chi connectivity index (χ1v) is 13.4. The molecule has 4 aliphatic rings. The lowest BCUT2D eigenvalue weighted by Gasteiger charge is -2.43. The minimum atomic E-state index is -1.04. The highest BCUT2D eigenvalue weighted by Crippen LogP contribution is 2.68. The van der Waals surface area contributed by atoms with Crippen molar-refractivity contribution >= 4 is 40.9 Å². The van der Waals surface area contributed by atoms with E-state index in [9.17, 15) is 24.3 Å². The first kappa shape index (κ1) is 22.7. The van der Waals surface area contributed by atoms with Gasteiger partial charge in [0.15, 0.2) is 11.5 Å². The number of thioether (sulfide) groups is 1. The zero-order valence-electron chi connectivity index (χ0n) is 18.8. The van der Waals surface area contributed by atoms with Crippen LogP contribution in [-0.4, -0.2) is 56.3 Å². The summed E-state index contributed by atoms with van der Waals surface area (Å²) in [6.07, 6.45) is 0.497. The van der Waals surface area contributed by atoms with E-state index < -0.39 is 17.8 Å². The van der Waals surface area contributed by atoms with Crippen LogP contribution in [0.15, 0.2) is 28.0 Å². The Labute approximate surface area is 208 Å². The molecule has 2 amide bonds. The van der Waals surface area contributed by atoms with Crippen molar-refractivity contribution in [2.45, 2.75) is 36.0 Å². The second-order valence-corrected chi connectivity index (χ2v) is 11.8. The van der Waals surface area contributed by atoms with Crippen molar-refractivity contribution in [3.8, 4) is 11.5 Å². The van der Waals surface area contributed by atoms with Crippen molar-refractivity contribution in [1.82, 2.24) is 9.88 Å². The third kappa shape index (κ3) is 3.27. The van der Waals surface area contributed by atoms with Crippen LogP contribution in [0.25, 0.3) is 0 Å². The number of fused-ring (bicyclic) bond motifs is 9. The van der Waals surface area contributed by atoms with Crippen molar-refractivity contribution in [2.24, 2.45) is 29.6 Å². The molecule has 0 radical (unpaired) electrons. The van der Waals surface area contributed by atoms with E-state index in [1.807, 2.05) is 19.1 Å². The number of rotatable bonds is 6. The number of hydrogen-bond donors (Lipinski definition) is 3. The Morgan fingerprint density at radius 3 is 2.66 bits per heavy atom. The van der Waals surface area contributed by atoms with E-state index in [0.717, 1.165) is 26.8 Å². The smallest absolute Gasteiger partial charge is 0.305 e. The molecule has 35 heavy (non-hydrogen) atoms. The van der Waals surface area contributed by atoms with Gasteiger partial charge in [-0.15, -0.1) is 11.8 Å². The molecule has 6 rings (SSSR count). The molecule has 3 N–H and O–H groups in total. The highest BCUT2D eigenvalue weighted by molar-refractivity contribution is 8.00. The molecule has 11 heteroatoms. The van der Waals surface area contributed by atoms with Gasteiger partial charge in [-0.3, -0.25) is 24.1 Å². The van der Waals surface area contributed by atoms with Crippen LogP contribution in [0.3, 0.4) is 0 Å².